The highest BCUT2D eigenvalue weighted by Crippen LogP contribution is 2.16. The van der Waals surface area contributed by atoms with Crippen LogP contribution in [0.15, 0.2) is 36.5 Å². The molecule has 2 aromatic rings. The summed E-state index contributed by atoms with van der Waals surface area (Å²) >= 11 is 5.97. The van der Waals surface area contributed by atoms with Gasteiger partial charge < -0.3 is 10.1 Å². The number of aromatic nitrogens is 2. The molecule has 16 heavy (non-hydrogen) atoms. The fourth-order valence-corrected chi connectivity index (χ4v) is 1.53. The molecule has 1 heterocycles. The van der Waals surface area contributed by atoms with Crippen LogP contribution in [-0.2, 0) is 6.54 Å². The SMILES string of the molecule is O=[N+]([O-])c1ccn(Cc2ccccc2Cl)n1. The van der Waals surface area contributed by atoms with Gasteiger partial charge in [0.1, 0.15) is 0 Å². The van der Waals surface area contributed by atoms with Crippen molar-refractivity contribution < 1.29 is 4.92 Å². The molecule has 2 rings (SSSR count). The first kappa shape index (κ1) is 10.6. The van der Waals surface area contributed by atoms with Crippen molar-refractivity contribution in [3.05, 3.63) is 57.2 Å². The lowest BCUT2D eigenvalue weighted by atomic mass is 10.2. The maximum atomic E-state index is 10.4. The third-order valence-corrected chi connectivity index (χ3v) is 2.47. The highest BCUT2D eigenvalue weighted by molar-refractivity contribution is 6.31. The Labute approximate surface area is 96.4 Å². The van der Waals surface area contributed by atoms with Gasteiger partial charge >= 0.3 is 5.82 Å². The van der Waals surface area contributed by atoms with E-state index < -0.39 is 4.92 Å². The summed E-state index contributed by atoms with van der Waals surface area (Å²) in [6, 6.07) is 8.68. The molecule has 0 saturated heterocycles. The van der Waals surface area contributed by atoms with Gasteiger partial charge in [-0.1, -0.05) is 29.8 Å². The third-order valence-electron chi connectivity index (χ3n) is 2.10. The number of nitro groups is 1. The number of benzene rings is 1. The number of nitrogens with zero attached hydrogens (tertiary/aromatic N) is 3. The maximum Gasteiger partial charge on any atom is 0.389 e. The Hall–Kier alpha value is -1.88. The quantitative estimate of drug-likeness (QED) is 0.609. The Morgan fingerprint density at radius 1 is 1.38 bits per heavy atom. The first-order valence-corrected chi connectivity index (χ1v) is 4.96. The van der Waals surface area contributed by atoms with Gasteiger partial charge in [0.2, 0.25) is 0 Å². The van der Waals surface area contributed by atoms with Crippen molar-refractivity contribution in [1.29, 1.82) is 0 Å². The minimum absolute atomic E-state index is 0.160. The average Bonchev–Trinajstić information content (AvgIpc) is 2.70. The van der Waals surface area contributed by atoms with Crippen LogP contribution in [-0.4, -0.2) is 14.7 Å². The summed E-state index contributed by atoms with van der Waals surface area (Å²) in [6.07, 6.45) is 1.56. The van der Waals surface area contributed by atoms with E-state index >= 15 is 0 Å². The molecular weight excluding hydrogens is 230 g/mol. The average molecular weight is 238 g/mol. The highest BCUT2D eigenvalue weighted by Gasteiger charge is 2.11. The highest BCUT2D eigenvalue weighted by atomic mass is 35.5. The van der Waals surface area contributed by atoms with Crippen molar-refractivity contribution in [3.63, 3.8) is 0 Å². The van der Waals surface area contributed by atoms with E-state index in [2.05, 4.69) is 5.10 Å². The van der Waals surface area contributed by atoms with E-state index in [1.165, 1.54) is 10.7 Å². The Morgan fingerprint density at radius 3 is 2.75 bits per heavy atom. The van der Waals surface area contributed by atoms with Crippen LogP contribution in [0.4, 0.5) is 5.82 Å². The van der Waals surface area contributed by atoms with E-state index in [1.54, 1.807) is 12.3 Å². The van der Waals surface area contributed by atoms with Gasteiger partial charge in [0.25, 0.3) is 0 Å². The summed E-state index contributed by atoms with van der Waals surface area (Å²) in [5.74, 6) is -0.160. The zero-order valence-corrected chi connectivity index (χ0v) is 8.96. The predicted molar refractivity (Wildman–Crippen MR) is 59.4 cm³/mol. The molecule has 6 heteroatoms. The Bertz CT molecular complexity index is 524. The molecule has 1 aromatic heterocycles. The van der Waals surface area contributed by atoms with Gasteiger partial charge in [0, 0.05) is 5.02 Å². The third kappa shape index (κ3) is 2.20. The van der Waals surface area contributed by atoms with Crippen LogP contribution >= 0.6 is 11.6 Å². The Balaban J connectivity index is 2.21. The van der Waals surface area contributed by atoms with Gasteiger partial charge in [-0.3, -0.25) is 0 Å². The van der Waals surface area contributed by atoms with Gasteiger partial charge in [-0.25, -0.2) is 0 Å². The number of hydrogen-bond donors (Lipinski definition) is 0. The minimum atomic E-state index is -0.525. The number of halogens is 1. The van der Waals surface area contributed by atoms with Crippen molar-refractivity contribution in [3.8, 4) is 0 Å². The Kier molecular flexibility index (Phi) is 2.87. The first-order chi connectivity index (χ1) is 7.66. The standard InChI is InChI=1S/C10H8ClN3O2/c11-9-4-2-1-3-8(9)7-13-6-5-10(12-13)14(15)16/h1-6H,7H2. The molecule has 0 atom stereocenters. The normalized spacial score (nSPS) is 10.3. The molecule has 0 radical (unpaired) electrons. The van der Waals surface area contributed by atoms with Crippen LogP contribution in [0.1, 0.15) is 5.56 Å². The second-order valence-electron chi connectivity index (χ2n) is 3.22. The second kappa shape index (κ2) is 4.32. The van der Waals surface area contributed by atoms with Gasteiger partial charge in [0.05, 0.1) is 23.9 Å². The molecule has 0 spiro atoms. The zero-order valence-electron chi connectivity index (χ0n) is 8.21. The summed E-state index contributed by atoms with van der Waals surface area (Å²) < 4.78 is 1.49. The van der Waals surface area contributed by atoms with E-state index in [9.17, 15) is 10.1 Å². The first-order valence-electron chi connectivity index (χ1n) is 4.58. The topological polar surface area (TPSA) is 61.0 Å². The van der Waals surface area contributed by atoms with Gasteiger partial charge in [-0.2, -0.15) is 4.68 Å². The molecule has 5 nitrogen and oxygen atoms in total. The molecule has 0 aliphatic carbocycles. The maximum absolute atomic E-state index is 10.4. The molecule has 0 bridgehead atoms. The lowest BCUT2D eigenvalue weighted by Gasteiger charge is -2.00. The summed E-state index contributed by atoms with van der Waals surface area (Å²) in [5, 5.41) is 14.9. The van der Waals surface area contributed by atoms with E-state index in [4.69, 9.17) is 11.6 Å². The second-order valence-corrected chi connectivity index (χ2v) is 3.63. The van der Waals surface area contributed by atoms with Crippen LogP contribution in [0.2, 0.25) is 5.02 Å². The van der Waals surface area contributed by atoms with E-state index in [0.29, 0.717) is 11.6 Å². The molecular formula is C10H8ClN3O2. The van der Waals surface area contributed by atoms with Crippen LogP contribution in [0, 0.1) is 10.1 Å². The van der Waals surface area contributed by atoms with Crippen molar-refractivity contribution in [2.75, 3.05) is 0 Å². The smallest absolute Gasteiger partial charge is 0.358 e. The number of hydrogen-bond acceptors (Lipinski definition) is 3. The molecule has 0 unspecified atom stereocenters. The van der Waals surface area contributed by atoms with E-state index in [1.807, 2.05) is 18.2 Å². The minimum Gasteiger partial charge on any atom is -0.358 e. The molecule has 0 amide bonds. The van der Waals surface area contributed by atoms with Crippen molar-refractivity contribution in [1.82, 2.24) is 9.78 Å². The lowest BCUT2D eigenvalue weighted by molar-refractivity contribution is -0.389. The fraction of sp³-hybridized carbons (Fsp3) is 0.100. The van der Waals surface area contributed by atoms with E-state index in [-0.39, 0.29) is 5.82 Å². The molecule has 0 aliphatic rings. The summed E-state index contributed by atoms with van der Waals surface area (Å²) in [7, 11) is 0. The van der Waals surface area contributed by atoms with Gasteiger partial charge in [0.15, 0.2) is 0 Å². The van der Waals surface area contributed by atoms with Crippen LogP contribution in [0.5, 0.6) is 0 Å². The zero-order chi connectivity index (χ0) is 11.5. The summed E-state index contributed by atoms with van der Waals surface area (Å²) in [5.41, 5.74) is 0.877. The monoisotopic (exact) mass is 237 g/mol. The van der Waals surface area contributed by atoms with Crippen molar-refractivity contribution >= 4 is 17.4 Å². The van der Waals surface area contributed by atoms with Gasteiger partial charge in [-0.15, -0.1) is 0 Å². The summed E-state index contributed by atoms with van der Waals surface area (Å²) in [6.45, 7) is 0.424. The lowest BCUT2D eigenvalue weighted by Crippen LogP contribution is -2.01. The van der Waals surface area contributed by atoms with Crippen molar-refractivity contribution in [2.45, 2.75) is 6.54 Å². The fourth-order valence-electron chi connectivity index (χ4n) is 1.34. The van der Waals surface area contributed by atoms with Gasteiger partial charge in [-0.05, 0) is 16.6 Å². The van der Waals surface area contributed by atoms with Crippen molar-refractivity contribution in [2.24, 2.45) is 0 Å². The molecule has 0 saturated carbocycles. The largest absolute Gasteiger partial charge is 0.389 e. The molecule has 0 fully saturated rings. The van der Waals surface area contributed by atoms with E-state index in [0.717, 1.165) is 5.56 Å². The van der Waals surface area contributed by atoms with Crippen LogP contribution in [0.25, 0.3) is 0 Å². The number of rotatable bonds is 3. The molecule has 0 aliphatic heterocycles. The predicted octanol–water partition coefficient (Wildman–Crippen LogP) is 2.49. The molecule has 0 N–H and O–H groups in total. The molecule has 82 valence electrons. The molecule has 1 aromatic carbocycles. The Morgan fingerprint density at radius 2 is 2.12 bits per heavy atom. The van der Waals surface area contributed by atoms with Crippen LogP contribution in [0.3, 0.4) is 0 Å². The summed E-state index contributed by atoms with van der Waals surface area (Å²) in [4.78, 5) is 9.91. The van der Waals surface area contributed by atoms with Crippen LogP contribution < -0.4 is 0 Å².